The molecular formula is C16H14Cl2O. The lowest BCUT2D eigenvalue weighted by atomic mass is 9.98. The van der Waals surface area contributed by atoms with Crippen molar-refractivity contribution in [1.82, 2.24) is 0 Å². The van der Waals surface area contributed by atoms with Crippen molar-refractivity contribution in [2.75, 3.05) is 0 Å². The second-order valence-electron chi connectivity index (χ2n) is 4.95. The number of hydrogen-bond donors (Lipinski definition) is 1. The van der Waals surface area contributed by atoms with E-state index in [9.17, 15) is 5.11 Å². The maximum Gasteiger partial charge on any atom is 0.106 e. The SMILES string of the molecule is OC(c1ccc2c(c1)CCC2)c1cc(Cl)ccc1Cl. The van der Waals surface area contributed by atoms with Gasteiger partial charge in [0, 0.05) is 15.6 Å². The molecule has 0 aliphatic heterocycles. The van der Waals surface area contributed by atoms with Crippen molar-refractivity contribution in [2.45, 2.75) is 25.4 Å². The zero-order chi connectivity index (χ0) is 13.4. The van der Waals surface area contributed by atoms with E-state index >= 15 is 0 Å². The molecule has 3 rings (SSSR count). The molecule has 0 heterocycles. The summed E-state index contributed by atoms with van der Waals surface area (Å²) in [6, 6.07) is 11.3. The van der Waals surface area contributed by atoms with Crippen molar-refractivity contribution < 1.29 is 5.11 Å². The highest BCUT2D eigenvalue weighted by Gasteiger charge is 2.17. The van der Waals surface area contributed by atoms with Crippen LogP contribution in [0.15, 0.2) is 36.4 Å². The van der Waals surface area contributed by atoms with Crippen LogP contribution < -0.4 is 0 Å². The minimum atomic E-state index is -0.725. The first-order valence-electron chi connectivity index (χ1n) is 6.40. The van der Waals surface area contributed by atoms with Gasteiger partial charge in [0.05, 0.1) is 0 Å². The molecule has 3 heteroatoms. The fourth-order valence-electron chi connectivity index (χ4n) is 2.67. The van der Waals surface area contributed by atoms with Crippen LogP contribution in [-0.2, 0) is 12.8 Å². The molecule has 0 saturated carbocycles. The maximum absolute atomic E-state index is 10.5. The lowest BCUT2D eigenvalue weighted by Gasteiger charge is -2.15. The number of halogens is 2. The van der Waals surface area contributed by atoms with Crippen molar-refractivity contribution in [1.29, 1.82) is 0 Å². The van der Waals surface area contributed by atoms with Gasteiger partial charge in [-0.3, -0.25) is 0 Å². The molecule has 2 aromatic rings. The summed E-state index contributed by atoms with van der Waals surface area (Å²) in [7, 11) is 0. The van der Waals surface area contributed by atoms with Crippen molar-refractivity contribution >= 4 is 23.2 Å². The third-order valence-electron chi connectivity index (χ3n) is 3.69. The van der Waals surface area contributed by atoms with Crippen LogP contribution in [0.2, 0.25) is 10.0 Å². The van der Waals surface area contributed by atoms with E-state index in [0.717, 1.165) is 18.4 Å². The summed E-state index contributed by atoms with van der Waals surface area (Å²) in [6.07, 6.45) is 2.72. The van der Waals surface area contributed by atoms with E-state index in [0.29, 0.717) is 15.6 Å². The molecule has 0 bridgehead atoms. The molecule has 0 radical (unpaired) electrons. The van der Waals surface area contributed by atoms with Crippen LogP contribution in [0.4, 0.5) is 0 Å². The van der Waals surface area contributed by atoms with Crippen LogP contribution in [0, 0.1) is 0 Å². The molecule has 0 spiro atoms. The van der Waals surface area contributed by atoms with Gasteiger partial charge in [-0.1, -0.05) is 41.4 Å². The molecule has 2 aromatic carbocycles. The average molecular weight is 293 g/mol. The number of aryl methyl sites for hydroxylation is 2. The Morgan fingerprint density at radius 1 is 0.947 bits per heavy atom. The first-order valence-corrected chi connectivity index (χ1v) is 7.15. The highest BCUT2D eigenvalue weighted by molar-refractivity contribution is 6.33. The third kappa shape index (κ3) is 2.51. The molecule has 0 aromatic heterocycles. The number of fused-ring (bicyclic) bond motifs is 1. The minimum absolute atomic E-state index is 0.539. The highest BCUT2D eigenvalue weighted by Crippen LogP contribution is 2.32. The van der Waals surface area contributed by atoms with Crippen LogP contribution >= 0.6 is 23.2 Å². The molecule has 19 heavy (non-hydrogen) atoms. The van der Waals surface area contributed by atoms with Gasteiger partial charge in [-0.2, -0.15) is 0 Å². The highest BCUT2D eigenvalue weighted by atomic mass is 35.5. The Labute approximate surface area is 122 Å². The van der Waals surface area contributed by atoms with Gasteiger partial charge < -0.3 is 5.11 Å². The molecule has 1 nitrogen and oxygen atoms in total. The predicted molar refractivity (Wildman–Crippen MR) is 79.0 cm³/mol. The molecule has 0 saturated heterocycles. The van der Waals surface area contributed by atoms with E-state index < -0.39 is 6.10 Å². The lowest BCUT2D eigenvalue weighted by Crippen LogP contribution is -2.01. The first kappa shape index (κ1) is 13.0. The Kier molecular flexibility index (Phi) is 3.53. The van der Waals surface area contributed by atoms with Gasteiger partial charge in [-0.15, -0.1) is 0 Å². The number of aliphatic hydroxyl groups is 1. The van der Waals surface area contributed by atoms with Crippen LogP contribution in [0.5, 0.6) is 0 Å². The van der Waals surface area contributed by atoms with E-state index in [1.807, 2.05) is 6.07 Å². The van der Waals surface area contributed by atoms with Gasteiger partial charge in [0.1, 0.15) is 6.10 Å². The van der Waals surface area contributed by atoms with Crippen molar-refractivity contribution in [2.24, 2.45) is 0 Å². The second-order valence-corrected chi connectivity index (χ2v) is 5.79. The largest absolute Gasteiger partial charge is 0.384 e. The average Bonchev–Trinajstić information content (AvgIpc) is 2.88. The Bertz CT molecular complexity index is 622. The van der Waals surface area contributed by atoms with Crippen molar-refractivity contribution in [3.8, 4) is 0 Å². The zero-order valence-electron chi connectivity index (χ0n) is 10.4. The fraction of sp³-hybridized carbons (Fsp3) is 0.250. The number of hydrogen-bond acceptors (Lipinski definition) is 1. The fourth-order valence-corrected chi connectivity index (χ4v) is 3.07. The van der Waals surface area contributed by atoms with Crippen LogP contribution in [0.1, 0.15) is 34.8 Å². The Morgan fingerprint density at radius 2 is 1.74 bits per heavy atom. The van der Waals surface area contributed by atoms with E-state index in [-0.39, 0.29) is 0 Å². The lowest BCUT2D eigenvalue weighted by molar-refractivity contribution is 0.220. The number of benzene rings is 2. The van der Waals surface area contributed by atoms with E-state index in [4.69, 9.17) is 23.2 Å². The van der Waals surface area contributed by atoms with Crippen molar-refractivity contribution in [3.63, 3.8) is 0 Å². The summed E-state index contributed by atoms with van der Waals surface area (Å²) in [4.78, 5) is 0. The maximum atomic E-state index is 10.5. The third-order valence-corrected chi connectivity index (χ3v) is 4.27. The molecule has 98 valence electrons. The van der Waals surface area contributed by atoms with Gasteiger partial charge in [-0.05, 0) is 54.2 Å². The van der Waals surface area contributed by atoms with Gasteiger partial charge in [0.2, 0.25) is 0 Å². The zero-order valence-corrected chi connectivity index (χ0v) is 11.9. The predicted octanol–water partition coefficient (Wildman–Crippen LogP) is 4.56. The summed E-state index contributed by atoms with van der Waals surface area (Å²) in [5.74, 6) is 0. The summed E-state index contributed by atoms with van der Waals surface area (Å²) in [5.41, 5.74) is 4.28. The normalized spacial score (nSPS) is 15.3. The molecule has 1 atom stereocenters. The van der Waals surface area contributed by atoms with Crippen LogP contribution in [-0.4, -0.2) is 5.11 Å². The van der Waals surface area contributed by atoms with Crippen molar-refractivity contribution in [3.05, 3.63) is 68.7 Å². The van der Waals surface area contributed by atoms with E-state index in [1.165, 1.54) is 17.5 Å². The molecule has 1 aliphatic rings. The quantitative estimate of drug-likeness (QED) is 0.860. The Balaban J connectivity index is 1.99. The van der Waals surface area contributed by atoms with E-state index in [1.54, 1.807) is 18.2 Å². The van der Waals surface area contributed by atoms with Gasteiger partial charge in [0.15, 0.2) is 0 Å². The summed E-state index contributed by atoms with van der Waals surface area (Å²) >= 11 is 12.1. The molecule has 0 amide bonds. The van der Waals surface area contributed by atoms with E-state index in [2.05, 4.69) is 12.1 Å². The molecule has 0 fully saturated rings. The molecule has 1 aliphatic carbocycles. The smallest absolute Gasteiger partial charge is 0.106 e. The summed E-state index contributed by atoms with van der Waals surface area (Å²) in [6.45, 7) is 0. The summed E-state index contributed by atoms with van der Waals surface area (Å²) < 4.78 is 0. The van der Waals surface area contributed by atoms with Crippen LogP contribution in [0.3, 0.4) is 0 Å². The Morgan fingerprint density at radius 3 is 2.58 bits per heavy atom. The van der Waals surface area contributed by atoms with Gasteiger partial charge in [-0.25, -0.2) is 0 Å². The monoisotopic (exact) mass is 292 g/mol. The molecule has 1 unspecified atom stereocenters. The Hall–Kier alpha value is -1.02. The standard InChI is InChI=1S/C16H14Cl2O/c17-13-6-7-15(18)14(9-13)16(19)12-5-4-10-2-1-3-11(10)8-12/h4-9,16,19H,1-3H2. The molecular weight excluding hydrogens is 279 g/mol. The minimum Gasteiger partial charge on any atom is -0.384 e. The van der Waals surface area contributed by atoms with Gasteiger partial charge >= 0.3 is 0 Å². The second kappa shape index (κ2) is 5.16. The molecule has 1 N–H and O–H groups in total. The number of rotatable bonds is 2. The number of aliphatic hydroxyl groups excluding tert-OH is 1. The van der Waals surface area contributed by atoms with Crippen LogP contribution in [0.25, 0.3) is 0 Å². The summed E-state index contributed by atoms with van der Waals surface area (Å²) in [5, 5.41) is 11.6. The van der Waals surface area contributed by atoms with Gasteiger partial charge in [0.25, 0.3) is 0 Å². The first-order chi connectivity index (χ1) is 9.15. The topological polar surface area (TPSA) is 20.2 Å².